The molecule has 2 aromatic rings. The van der Waals surface area contributed by atoms with Gasteiger partial charge in [0.1, 0.15) is 5.82 Å². The molecule has 0 aliphatic carbocycles. The number of nitrogens with one attached hydrogen (secondary N) is 1. The van der Waals surface area contributed by atoms with Crippen LogP contribution in [0.15, 0.2) is 29.6 Å². The number of amides is 2. The summed E-state index contributed by atoms with van der Waals surface area (Å²) >= 11 is 1.58. The van der Waals surface area contributed by atoms with E-state index in [2.05, 4.69) is 10.3 Å². The number of carbonyl (C=O) groups is 2. The van der Waals surface area contributed by atoms with Crippen LogP contribution in [0.1, 0.15) is 53.7 Å². The van der Waals surface area contributed by atoms with Crippen LogP contribution in [0.4, 0.5) is 4.39 Å². The highest BCUT2D eigenvalue weighted by atomic mass is 32.1. The minimum Gasteiger partial charge on any atom is -0.350 e. The molecule has 2 amide bonds. The number of aromatic nitrogens is 1. The van der Waals surface area contributed by atoms with Crippen molar-refractivity contribution in [3.63, 3.8) is 0 Å². The van der Waals surface area contributed by atoms with E-state index in [0.29, 0.717) is 25.2 Å². The topological polar surface area (TPSA) is 62.3 Å². The predicted octanol–water partition coefficient (Wildman–Crippen LogP) is 3.57. The van der Waals surface area contributed by atoms with Crippen LogP contribution in [-0.2, 0) is 11.3 Å². The zero-order valence-corrected chi connectivity index (χ0v) is 16.4. The first-order chi connectivity index (χ1) is 12.9. The van der Waals surface area contributed by atoms with Gasteiger partial charge in [-0.2, -0.15) is 0 Å². The third-order valence-corrected chi connectivity index (χ3v) is 5.74. The molecule has 0 spiro atoms. The van der Waals surface area contributed by atoms with Gasteiger partial charge in [-0.1, -0.05) is 13.8 Å². The van der Waals surface area contributed by atoms with Crippen molar-refractivity contribution in [3.8, 4) is 0 Å². The number of halogens is 1. The van der Waals surface area contributed by atoms with E-state index in [-0.39, 0.29) is 29.5 Å². The predicted molar refractivity (Wildman–Crippen MR) is 103 cm³/mol. The Labute approximate surface area is 162 Å². The lowest BCUT2D eigenvalue weighted by atomic mass is 9.98. The average Bonchev–Trinajstić information content (AvgIpc) is 3.15. The van der Waals surface area contributed by atoms with Crippen LogP contribution in [0.5, 0.6) is 0 Å². The lowest BCUT2D eigenvalue weighted by molar-refractivity contribution is -0.124. The highest BCUT2D eigenvalue weighted by Crippen LogP contribution is 2.30. The van der Waals surface area contributed by atoms with Gasteiger partial charge in [0.2, 0.25) is 5.91 Å². The van der Waals surface area contributed by atoms with Crippen LogP contribution in [0.25, 0.3) is 0 Å². The summed E-state index contributed by atoms with van der Waals surface area (Å²) in [6.07, 6.45) is 1.90. The number of benzene rings is 1. The molecule has 5 nitrogen and oxygen atoms in total. The van der Waals surface area contributed by atoms with Gasteiger partial charge in [0.05, 0.1) is 17.2 Å². The number of hydrogen-bond donors (Lipinski definition) is 1. The molecule has 1 aliphatic rings. The van der Waals surface area contributed by atoms with Gasteiger partial charge in [-0.25, -0.2) is 9.37 Å². The number of hydrogen-bond acceptors (Lipinski definition) is 4. The summed E-state index contributed by atoms with van der Waals surface area (Å²) in [5.41, 5.74) is 1.36. The number of carbonyl (C=O) groups excluding carboxylic acids is 2. The molecule has 0 saturated carbocycles. The highest BCUT2D eigenvalue weighted by molar-refractivity contribution is 7.09. The Bertz CT molecular complexity index is 804. The molecule has 1 atom stereocenters. The SMILES string of the molecule is CC(C)C(=O)NCc1csc([C@@H]2CCCN(C(=O)c3ccc(F)cc3)C2)n1. The molecular formula is C20H24FN3O2S. The molecule has 1 aromatic heterocycles. The molecule has 0 bridgehead atoms. The minimum atomic E-state index is -0.344. The van der Waals surface area contributed by atoms with Crippen molar-refractivity contribution in [2.45, 2.75) is 39.2 Å². The number of rotatable bonds is 5. The van der Waals surface area contributed by atoms with Crippen molar-refractivity contribution in [2.24, 2.45) is 5.92 Å². The Morgan fingerprint density at radius 2 is 2.07 bits per heavy atom. The zero-order valence-electron chi connectivity index (χ0n) is 15.6. The molecule has 3 rings (SSSR count). The van der Waals surface area contributed by atoms with Crippen molar-refractivity contribution in [1.82, 2.24) is 15.2 Å². The monoisotopic (exact) mass is 389 g/mol. The summed E-state index contributed by atoms with van der Waals surface area (Å²) in [4.78, 5) is 30.9. The van der Waals surface area contributed by atoms with E-state index < -0.39 is 0 Å². The van der Waals surface area contributed by atoms with Crippen LogP contribution in [0, 0.1) is 11.7 Å². The largest absolute Gasteiger partial charge is 0.350 e. The lowest BCUT2D eigenvalue weighted by Gasteiger charge is -2.32. The van der Waals surface area contributed by atoms with Gasteiger partial charge in [-0.05, 0) is 37.1 Å². The summed E-state index contributed by atoms with van der Waals surface area (Å²) in [7, 11) is 0. The van der Waals surface area contributed by atoms with Gasteiger partial charge < -0.3 is 10.2 Å². The molecular weight excluding hydrogens is 365 g/mol. The van der Waals surface area contributed by atoms with Gasteiger partial charge in [0.15, 0.2) is 0 Å². The lowest BCUT2D eigenvalue weighted by Crippen LogP contribution is -2.39. The first kappa shape index (κ1) is 19.5. The molecule has 0 radical (unpaired) electrons. The van der Waals surface area contributed by atoms with Crippen LogP contribution in [-0.4, -0.2) is 34.8 Å². The summed E-state index contributed by atoms with van der Waals surface area (Å²) in [5, 5.41) is 5.85. The Hall–Kier alpha value is -2.28. The molecule has 1 aromatic carbocycles. The van der Waals surface area contributed by atoms with Crippen LogP contribution < -0.4 is 5.32 Å². The number of thiazole rings is 1. The van der Waals surface area contributed by atoms with Gasteiger partial charge in [0.25, 0.3) is 5.91 Å². The Morgan fingerprint density at radius 1 is 1.33 bits per heavy atom. The van der Waals surface area contributed by atoms with Crippen molar-refractivity contribution < 1.29 is 14.0 Å². The zero-order chi connectivity index (χ0) is 19.4. The average molecular weight is 389 g/mol. The molecule has 1 fully saturated rings. The number of likely N-dealkylation sites (tertiary alicyclic amines) is 1. The van der Waals surface area contributed by atoms with Crippen molar-refractivity contribution in [1.29, 1.82) is 0 Å². The Morgan fingerprint density at radius 3 is 2.78 bits per heavy atom. The first-order valence-electron chi connectivity index (χ1n) is 9.21. The molecule has 144 valence electrons. The van der Waals surface area contributed by atoms with Gasteiger partial charge in [0, 0.05) is 35.9 Å². The highest BCUT2D eigenvalue weighted by Gasteiger charge is 2.27. The third-order valence-electron chi connectivity index (χ3n) is 4.69. The molecule has 7 heteroatoms. The molecule has 2 heterocycles. The molecule has 0 unspecified atom stereocenters. The fourth-order valence-electron chi connectivity index (χ4n) is 3.11. The van der Waals surface area contributed by atoms with E-state index in [1.165, 1.54) is 24.3 Å². The number of piperidine rings is 1. The minimum absolute atomic E-state index is 0.0123. The summed E-state index contributed by atoms with van der Waals surface area (Å²) in [6.45, 7) is 5.46. The van der Waals surface area contributed by atoms with E-state index in [9.17, 15) is 14.0 Å². The van der Waals surface area contributed by atoms with E-state index in [1.54, 1.807) is 11.3 Å². The molecule has 1 N–H and O–H groups in total. The smallest absolute Gasteiger partial charge is 0.253 e. The molecule has 1 saturated heterocycles. The van der Waals surface area contributed by atoms with E-state index in [0.717, 1.165) is 23.5 Å². The van der Waals surface area contributed by atoms with E-state index in [4.69, 9.17) is 0 Å². The van der Waals surface area contributed by atoms with Gasteiger partial charge >= 0.3 is 0 Å². The Kier molecular flexibility index (Phi) is 6.21. The fourth-order valence-corrected chi connectivity index (χ4v) is 4.06. The van der Waals surface area contributed by atoms with Crippen LogP contribution in [0.2, 0.25) is 0 Å². The summed E-state index contributed by atoms with van der Waals surface area (Å²) < 4.78 is 13.1. The second-order valence-electron chi connectivity index (χ2n) is 7.15. The second kappa shape index (κ2) is 8.61. The van der Waals surface area contributed by atoms with Crippen molar-refractivity contribution >= 4 is 23.2 Å². The maximum Gasteiger partial charge on any atom is 0.253 e. The standard InChI is InChI=1S/C20H24FN3O2S/c1-13(2)18(25)22-10-17-12-27-19(23-17)15-4-3-9-24(11-15)20(26)14-5-7-16(21)8-6-14/h5-8,12-13,15H,3-4,9-11H2,1-2H3,(H,22,25)/t15-/m1/s1. The quantitative estimate of drug-likeness (QED) is 0.850. The third kappa shape index (κ3) is 4.91. The first-order valence-corrected chi connectivity index (χ1v) is 10.1. The summed E-state index contributed by atoms with van der Waals surface area (Å²) in [6, 6.07) is 5.68. The van der Waals surface area contributed by atoms with E-state index in [1.807, 2.05) is 24.1 Å². The van der Waals surface area contributed by atoms with Gasteiger partial charge in [-0.15, -0.1) is 11.3 Å². The second-order valence-corrected chi connectivity index (χ2v) is 8.04. The normalized spacial score (nSPS) is 17.2. The van der Waals surface area contributed by atoms with Crippen LogP contribution in [0.3, 0.4) is 0 Å². The molecule has 1 aliphatic heterocycles. The van der Waals surface area contributed by atoms with Crippen molar-refractivity contribution in [3.05, 3.63) is 51.7 Å². The van der Waals surface area contributed by atoms with E-state index >= 15 is 0 Å². The maximum atomic E-state index is 13.1. The van der Waals surface area contributed by atoms with Crippen LogP contribution >= 0.6 is 11.3 Å². The fraction of sp³-hybridized carbons (Fsp3) is 0.450. The van der Waals surface area contributed by atoms with Crippen molar-refractivity contribution in [2.75, 3.05) is 13.1 Å². The Balaban J connectivity index is 1.62. The number of nitrogens with zero attached hydrogens (tertiary/aromatic N) is 2. The summed E-state index contributed by atoms with van der Waals surface area (Å²) in [5.74, 6) is -0.253. The maximum absolute atomic E-state index is 13.1. The van der Waals surface area contributed by atoms with Gasteiger partial charge in [-0.3, -0.25) is 9.59 Å². The molecule has 27 heavy (non-hydrogen) atoms.